The molecular weight excluding hydrogens is 196 g/mol. The normalized spacial score (nSPS) is 12.9. The number of aliphatic hydroxyl groups excluding tert-OH is 1. The summed E-state index contributed by atoms with van der Waals surface area (Å²) in [6, 6.07) is 1.94. The third-order valence-electron chi connectivity index (χ3n) is 1.84. The van der Waals surface area contributed by atoms with Crippen LogP contribution in [0, 0.1) is 13.8 Å². The van der Waals surface area contributed by atoms with Crippen molar-refractivity contribution in [3.63, 3.8) is 0 Å². The molecule has 0 radical (unpaired) electrons. The van der Waals surface area contributed by atoms with Gasteiger partial charge in [-0.15, -0.1) is 0 Å². The van der Waals surface area contributed by atoms with E-state index in [0.717, 1.165) is 23.0 Å². The molecule has 1 heterocycles. The molecule has 0 amide bonds. The van der Waals surface area contributed by atoms with Gasteiger partial charge >= 0.3 is 0 Å². The van der Waals surface area contributed by atoms with Crippen LogP contribution < -0.4 is 0 Å². The van der Waals surface area contributed by atoms with Crippen LogP contribution in [0.2, 0.25) is 0 Å². The van der Waals surface area contributed by atoms with Crippen molar-refractivity contribution in [3.05, 3.63) is 17.5 Å². The predicted octanol–water partition coefficient (Wildman–Crippen LogP) is 1.96. The van der Waals surface area contributed by atoms with E-state index >= 15 is 0 Å². The third-order valence-corrected chi connectivity index (χ3v) is 2.83. The summed E-state index contributed by atoms with van der Waals surface area (Å²) >= 11 is 1.51. The summed E-state index contributed by atoms with van der Waals surface area (Å²) in [4.78, 5) is 8.56. The zero-order valence-corrected chi connectivity index (χ0v) is 9.64. The molecule has 0 aliphatic rings. The van der Waals surface area contributed by atoms with E-state index in [4.69, 9.17) is 0 Å². The van der Waals surface area contributed by atoms with E-state index in [1.807, 2.05) is 26.8 Å². The minimum atomic E-state index is -0.260. The van der Waals surface area contributed by atoms with Crippen LogP contribution in [0.1, 0.15) is 24.7 Å². The Morgan fingerprint density at radius 3 is 2.43 bits per heavy atom. The van der Waals surface area contributed by atoms with Crippen molar-refractivity contribution < 1.29 is 5.11 Å². The summed E-state index contributed by atoms with van der Waals surface area (Å²) in [6.45, 7) is 5.87. The van der Waals surface area contributed by atoms with Gasteiger partial charge in [0.2, 0.25) is 0 Å². The van der Waals surface area contributed by atoms with E-state index < -0.39 is 0 Å². The molecule has 0 bridgehead atoms. The molecule has 3 nitrogen and oxygen atoms in total. The second kappa shape index (κ2) is 5.32. The predicted molar refractivity (Wildman–Crippen MR) is 58.5 cm³/mol. The Balaban J connectivity index is 2.58. The number of aryl methyl sites for hydroxylation is 2. The van der Waals surface area contributed by atoms with E-state index in [1.54, 1.807) is 0 Å². The van der Waals surface area contributed by atoms with Crippen molar-refractivity contribution in [2.24, 2.45) is 0 Å². The second-order valence-electron chi connectivity index (χ2n) is 3.31. The molecule has 14 heavy (non-hydrogen) atoms. The number of hydrogen-bond donors (Lipinski definition) is 1. The number of aromatic nitrogens is 2. The van der Waals surface area contributed by atoms with E-state index in [9.17, 15) is 5.11 Å². The summed E-state index contributed by atoms with van der Waals surface area (Å²) in [5.41, 5.74) is 1.96. The smallest absolute Gasteiger partial charge is 0.188 e. The quantitative estimate of drug-likeness (QED) is 0.612. The minimum absolute atomic E-state index is 0.260. The maximum absolute atomic E-state index is 9.38. The topological polar surface area (TPSA) is 46.0 Å². The highest BCUT2D eigenvalue weighted by Crippen LogP contribution is 2.15. The number of rotatable bonds is 4. The van der Waals surface area contributed by atoms with Crippen molar-refractivity contribution in [2.45, 2.75) is 38.5 Å². The zero-order valence-electron chi connectivity index (χ0n) is 8.82. The molecule has 1 unspecified atom stereocenters. The lowest BCUT2D eigenvalue weighted by molar-refractivity contribution is 0.195. The molecular formula is C10H16N2OS. The number of nitrogens with zero attached hydrogens (tertiary/aromatic N) is 2. The van der Waals surface area contributed by atoms with Gasteiger partial charge in [0, 0.05) is 17.1 Å². The lowest BCUT2D eigenvalue weighted by Crippen LogP contribution is -2.08. The van der Waals surface area contributed by atoms with Gasteiger partial charge in [-0.25, -0.2) is 9.97 Å². The molecule has 1 aromatic heterocycles. The van der Waals surface area contributed by atoms with Crippen LogP contribution in [0.25, 0.3) is 0 Å². The number of thioether (sulfide) groups is 1. The highest BCUT2D eigenvalue weighted by Gasteiger charge is 2.04. The molecule has 1 atom stereocenters. The van der Waals surface area contributed by atoms with Crippen LogP contribution in [-0.4, -0.2) is 26.9 Å². The summed E-state index contributed by atoms with van der Waals surface area (Å²) in [7, 11) is 0. The number of hydrogen-bond acceptors (Lipinski definition) is 4. The lowest BCUT2D eigenvalue weighted by atomic mass is 10.3. The Morgan fingerprint density at radius 1 is 1.36 bits per heavy atom. The Kier molecular flexibility index (Phi) is 4.35. The maximum Gasteiger partial charge on any atom is 0.188 e. The van der Waals surface area contributed by atoms with Crippen molar-refractivity contribution in [1.29, 1.82) is 0 Å². The molecule has 1 aromatic rings. The van der Waals surface area contributed by atoms with E-state index in [1.165, 1.54) is 11.8 Å². The lowest BCUT2D eigenvalue weighted by Gasteiger charge is -2.06. The Hall–Kier alpha value is -0.610. The first-order valence-electron chi connectivity index (χ1n) is 4.75. The molecule has 4 heteroatoms. The highest BCUT2D eigenvalue weighted by molar-refractivity contribution is 7.99. The summed E-state index contributed by atoms with van der Waals surface area (Å²) in [6.07, 6.45) is 0.516. The molecule has 0 saturated heterocycles. The fraction of sp³-hybridized carbons (Fsp3) is 0.600. The van der Waals surface area contributed by atoms with Crippen LogP contribution in [0.15, 0.2) is 11.2 Å². The zero-order chi connectivity index (χ0) is 10.6. The van der Waals surface area contributed by atoms with Crippen LogP contribution in [0.3, 0.4) is 0 Å². The fourth-order valence-corrected chi connectivity index (χ4v) is 2.04. The molecule has 0 saturated carbocycles. The van der Waals surface area contributed by atoms with Gasteiger partial charge in [-0.05, 0) is 26.3 Å². The van der Waals surface area contributed by atoms with Crippen molar-refractivity contribution in [1.82, 2.24) is 9.97 Å². The average Bonchev–Trinajstić information content (AvgIpc) is 2.12. The van der Waals surface area contributed by atoms with Crippen LogP contribution in [-0.2, 0) is 0 Å². The van der Waals surface area contributed by atoms with Crippen molar-refractivity contribution >= 4 is 11.8 Å². The average molecular weight is 212 g/mol. The van der Waals surface area contributed by atoms with Gasteiger partial charge in [-0.2, -0.15) is 0 Å². The maximum atomic E-state index is 9.38. The Labute approximate surface area is 89.0 Å². The highest BCUT2D eigenvalue weighted by atomic mass is 32.2. The van der Waals surface area contributed by atoms with Gasteiger partial charge in [-0.1, -0.05) is 18.7 Å². The van der Waals surface area contributed by atoms with Crippen LogP contribution >= 0.6 is 11.8 Å². The molecule has 1 rings (SSSR count). The van der Waals surface area contributed by atoms with Crippen LogP contribution in [0.4, 0.5) is 0 Å². The van der Waals surface area contributed by atoms with Gasteiger partial charge in [0.25, 0.3) is 0 Å². The van der Waals surface area contributed by atoms with E-state index in [0.29, 0.717) is 5.75 Å². The molecule has 0 fully saturated rings. The second-order valence-corrected chi connectivity index (χ2v) is 4.29. The van der Waals surface area contributed by atoms with Crippen molar-refractivity contribution in [2.75, 3.05) is 5.75 Å². The van der Waals surface area contributed by atoms with Crippen molar-refractivity contribution in [3.8, 4) is 0 Å². The van der Waals surface area contributed by atoms with Gasteiger partial charge in [0.1, 0.15) is 0 Å². The van der Waals surface area contributed by atoms with Gasteiger partial charge in [0.05, 0.1) is 6.10 Å². The Morgan fingerprint density at radius 2 is 1.93 bits per heavy atom. The van der Waals surface area contributed by atoms with Gasteiger partial charge < -0.3 is 5.11 Å². The monoisotopic (exact) mass is 212 g/mol. The molecule has 0 aromatic carbocycles. The van der Waals surface area contributed by atoms with Gasteiger partial charge in [-0.3, -0.25) is 0 Å². The summed E-state index contributed by atoms with van der Waals surface area (Å²) in [5.74, 6) is 0.666. The first kappa shape index (κ1) is 11.5. The Bertz CT molecular complexity index is 284. The first-order valence-corrected chi connectivity index (χ1v) is 5.73. The fourth-order valence-electron chi connectivity index (χ4n) is 1.05. The molecule has 0 spiro atoms. The number of aliphatic hydroxyl groups is 1. The molecule has 78 valence electrons. The molecule has 0 aliphatic heterocycles. The third kappa shape index (κ3) is 3.64. The summed E-state index contributed by atoms with van der Waals surface area (Å²) in [5, 5.41) is 10.1. The standard InChI is InChI=1S/C10H16N2OS/c1-4-9(13)6-14-10-11-7(2)5-8(3)12-10/h5,9,13H,4,6H2,1-3H3. The van der Waals surface area contributed by atoms with Gasteiger partial charge in [0.15, 0.2) is 5.16 Å². The first-order chi connectivity index (χ1) is 6.61. The van der Waals surface area contributed by atoms with E-state index in [-0.39, 0.29) is 6.10 Å². The largest absolute Gasteiger partial charge is 0.392 e. The molecule has 1 N–H and O–H groups in total. The SMILES string of the molecule is CCC(O)CSc1nc(C)cc(C)n1. The van der Waals surface area contributed by atoms with E-state index in [2.05, 4.69) is 9.97 Å². The summed E-state index contributed by atoms with van der Waals surface area (Å²) < 4.78 is 0. The molecule has 0 aliphatic carbocycles. The minimum Gasteiger partial charge on any atom is -0.392 e. The van der Waals surface area contributed by atoms with Crippen LogP contribution in [0.5, 0.6) is 0 Å².